The summed E-state index contributed by atoms with van der Waals surface area (Å²) >= 11 is 4.59. The smallest absolute Gasteiger partial charge is 0.0994 e. The van der Waals surface area contributed by atoms with E-state index in [1.165, 1.54) is 0 Å². The number of thiocarbonyl (C=S) groups is 1. The summed E-state index contributed by atoms with van der Waals surface area (Å²) < 4.78 is 0. The van der Waals surface area contributed by atoms with Crippen LogP contribution in [0.2, 0.25) is 0 Å². The Balaban J connectivity index is 2.52. The number of rotatable bonds is 1. The van der Waals surface area contributed by atoms with Gasteiger partial charge in [-0.25, -0.2) is 0 Å². The molecule has 0 unspecified atom stereocenters. The third-order valence-corrected chi connectivity index (χ3v) is 0.987. The molecule has 1 aliphatic rings. The molecule has 0 aromatic rings. The predicted octanol–water partition coefficient (Wildman–Crippen LogP) is 0.603. The molecular weight excluding hydrogens is 94.1 g/mol. The van der Waals surface area contributed by atoms with E-state index in [-0.39, 0.29) is 0 Å². The maximum absolute atomic E-state index is 5.16. The van der Waals surface area contributed by atoms with Crippen molar-refractivity contribution in [3.8, 4) is 0 Å². The standard InChI is InChI=1S/C4H5NS/c5-4(6)3-1-2-3/h1H,2H2,(H2,5,6). The molecule has 0 aromatic heterocycles. The van der Waals surface area contributed by atoms with Gasteiger partial charge in [0.2, 0.25) is 0 Å². The Hall–Kier alpha value is -0.370. The fraction of sp³-hybridized carbons (Fsp3) is 0.250. The summed E-state index contributed by atoms with van der Waals surface area (Å²) in [6, 6.07) is 0. The van der Waals surface area contributed by atoms with Crippen molar-refractivity contribution in [2.24, 2.45) is 5.73 Å². The normalized spacial score (nSPS) is 16.3. The van der Waals surface area contributed by atoms with E-state index < -0.39 is 0 Å². The van der Waals surface area contributed by atoms with E-state index in [1.54, 1.807) is 0 Å². The molecule has 0 aromatic carbocycles. The molecule has 32 valence electrons. The first-order valence-corrected chi connectivity index (χ1v) is 2.20. The Morgan fingerprint density at radius 3 is 2.50 bits per heavy atom. The third-order valence-electron chi connectivity index (χ3n) is 0.725. The average Bonchev–Trinajstić information content (AvgIpc) is 2.06. The molecule has 2 heteroatoms. The number of hydrogen-bond acceptors (Lipinski definition) is 1. The Morgan fingerprint density at radius 2 is 2.50 bits per heavy atom. The van der Waals surface area contributed by atoms with Crippen LogP contribution in [0.15, 0.2) is 11.6 Å². The second kappa shape index (κ2) is 1.05. The van der Waals surface area contributed by atoms with Gasteiger partial charge in [-0.1, -0.05) is 18.3 Å². The molecule has 1 nitrogen and oxygen atoms in total. The highest BCUT2D eigenvalue weighted by atomic mass is 32.1. The van der Waals surface area contributed by atoms with E-state index in [9.17, 15) is 0 Å². The maximum atomic E-state index is 5.16. The van der Waals surface area contributed by atoms with E-state index in [2.05, 4.69) is 12.2 Å². The first-order valence-electron chi connectivity index (χ1n) is 1.79. The molecule has 0 atom stereocenters. The van der Waals surface area contributed by atoms with Gasteiger partial charge >= 0.3 is 0 Å². The van der Waals surface area contributed by atoms with Gasteiger partial charge in [-0.3, -0.25) is 0 Å². The van der Waals surface area contributed by atoms with E-state index in [0.29, 0.717) is 4.99 Å². The average molecular weight is 99.2 g/mol. The Kier molecular flexibility index (Phi) is 0.665. The molecule has 6 heavy (non-hydrogen) atoms. The van der Waals surface area contributed by atoms with Crippen molar-refractivity contribution in [3.05, 3.63) is 11.6 Å². The summed E-state index contributed by atoms with van der Waals surface area (Å²) in [5.74, 6) is 0. The summed E-state index contributed by atoms with van der Waals surface area (Å²) in [7, 11) is 0. The zero-order valence-electron chi connectivity index (χ0n) is 3.27. The van der Waals surface area contributed by atoms with Crippen LogP contribution >= 0.6 is 12.2 Å². The Bertz CT molecular complexity index is 115. The lowest BCUT2D eigenvalue weighted by Gasteiger charge is -1.77. The topological polar surface area (TPSA) is 26.0 Å². The van der Waals surface area contributed by atoms with Gasteiger partial charge < -0.3 is 5.73 Å². The number of nitrogens with two attached hydrogens (primary N) is 1. The second-order valence-corrected chi connectivity index (χ2v) is 1.74. The van der Waals surface area contributed by atoms with Crippen LogP contribution in [0.3, 0.4) is 0 Å². The summed E-state index contributed by atoms with van der Waals surface area (Å²) in [5, 5.41) is 0. The highest BCUT2D eigenvalue weighted by Crippen LogP contribution is 2.16. The molecule has 0 bridgehead atoms. The first kappa shape index (κ1) is 3.81. The molecule has 0 saturated carbocycles. The fourth-order valence-electron chi connectivity index (χ4n) is 0.252. The molecule has 0 heterocycles. The van der Waals surface area contributed by atoms with Crippen molar-refractivity contribution in [1.29, 1.82) is 0 Å². The Morgan fingerprint density at radius 1 is 2.00 bits per heavy atom. The molecule has 0 spiro atoms. The molecule has 2 N–H and O–H groups in total. The predicted molar refractivity (Wildman–Crippen MR) is 29.5 cm³/mol. The molecule has 1 aliphatic carbocycles. The quantitative estimate of drug-likeness (QED) is 0.487. The summed E-state index contributed by atoms with van der Waals surface area (Å²) in [6.07, 6.45) is 3.04. The second-order valence-electron chi connectivity index (χ2n) is 1.30. The van der Waals surface area contributed by atoms with Crippen LogP contribution in [0.1, 0.15) is 6.42 Å². The SMILES string of the molecule is NC(=S)C1=CC1. The van der Waals surface area contributed by atoms with Crippen LogP contribution in [-0.2, 0) is 0 Å². The fourth-order valence-corrected chi connectivity index (χ4v) is 0.419. The van der Waals surface area contributed by atoms with Crippen LogP contribution in [-0.4, -0.2) is 4.99 Å². The summed E-state index contributed by atoms with van der Waals surface area (Å²) in [4.78, 5) is 0.565. The van der Waals surface area contributed by atoms with Gasteiger partial charge in [0.25, 0.3) is 0 Å². The van der Waals surface area contributed by atoms with Gasteiger partial charge in [0.15, 0.2) is 0 Å². The van der Waals surface area contributed by atoms with Crippen molar-refractivity contribution in [3.63, 3.8) is 0 Å². The van der Waals surface area contributed by atoms with Crippen molar-refractivity contribution >= 4 is 17.2 Å². The lowest BCUT2D eigenvalue weighted by Crippen LogP contribution is -2.04. The largest absolute Gasteiger partial charge is 0.390 e. The lowest BCUT2D eigenvalue weighted by molar-refractivity contribution is 1.61. The molecule has 0 aliphatic heterocycles. The van der Waals surface area contributed by atoms with Gasteiger partial charge in [-0.2, -0.15) is 0 Å². The molecular formula is C4H5NS. The van der Waals surface area contributed by atoms with Gasteiger partial charge in [-0.15, -0.1) is 0 Å². The van der Waals surface area contributed by atoms with Gasteiger partial charge in [0.05, 0.1) is 4.99 Å². The van der Waals surface area contributed by atoms with Gasteiger partial charge in [0.1, 0.15) is 0 Å². The van der Waals surface area contributed by atoms with Crippen molar-refractivity contribution in [2.45, 2.75) is 6.42 Å². The van der Waals surface area contributed by atoms with Crippen LogP contribution in [0.5, 0.6) is 0 Å². The zero-order valence-corrected chi connectivity index (χ0v) is 4.09. The number of allylic oxidation sites excluding steroid dienone is 1. The molecule has 0 fully saturated rings. The van der Waals surface area contributed by atoms with Crippen LogP contribution in [0, 0.1) is 0 Å². The summed E-state index contributed by atoms with van der Waals surface area (Å²) in [5.41, 5.74) is 6.30. The highest BCUT2D eigenvalue weighted by molar-refractivity contribution is 7.80. The Labute approximate surface area is 41.8 Å². The molecule has 0 radical (unpaired) electrons. The van der Waals surface area contributed by atoms with Crippen molar-refractivity contribution in [1.82, 2.24) is 0 Å². The third kappa shape index (κ3) is 0.571. The van der Waals surface area contributed by atoms with Crippen molar-refractivity contribution < 1.29 is 0 Å². The molecule has 1 rings (SSSR count). The van der Waals surface area contributed by atoms with E-state index in [1.807, 2.05) is 6.08 Å². The lowest BCUT2D eigenvalue weighted by atomic mass is 10.5. The minimum Gasteiger partial charge on any atom is -0.390 e. The van der Waals surface area contributed by atoms with Crippen LogP contribution in [0.25, 0.3) is 0 Å². The van der Waals surface area contributed by atoms with E-state index >= 15 is 0 Å². The van der Waals surface area contributed by atoms with Gasteiger partial charge in [0, 0.05) is 0 Å². The number of hydrogen-bond donors (Lipinski definition) is 1. The van der Waals surface area contributed by atoms with E-state index in [4.69, 9.17) is 5.73 Å². The molecule has 0 saturated heterocycles. The highest BCUT2D eigenvalue weighted by Gasteiger charge is 2.07. The summed E-state index contributed by atoms with van der Waals surface area (Å²) in [6.45, 7) is 0. The van der Waals surface area contributed by atoms with Crippen molar-refractivity contribution in [2.75, 3.05) is 0 Å². The maximum Gasteiger partial charge on any atom is 0.0994 e. The first-order chi connectivity index (χ1) is 2.80. The zero-order chi connectivity index (χ0) is 4.57. The van der Waals surface area contributed by atoms with E-state index in [0.717, 1.165) is 12.0 Å². The van der Waals surface area contributed by atoms with Crippen LogP contribution in [0.4, 0.5) is 0 Å². The minimum atomic E-state index is 0.565. The van der Waals surface area contributed by atoms with Gasteiger partial charge in [-0.05, 0) is 12.0 Å². The molecule has 0 amide bonds. The van der Waals surface area contributed by atoms with Crippen LogP contribution < -0.4 is 5.73 Å². The minimum absolute atomic E-state index is 0.565. The monoisotopic (exact) mass is 99.0 g/mol.